The van der Waals surface area contributed by atoms with Crippen molar-refractivity contribution in [3.05, 3.63) is 23.9 Å². The molecule has 0 aromatic carbocycles. The van der Waals surface area contributed by atoms with E-state index in [1.807, 2.05) is 0 Å². The van der Waals surface area contributed by atoms with Gasteiger partial charge >= 0.3 is 0 Å². The lowest BCUT2D eigenvalue weighted by Gasteiger charge is -1.99. The molecule has 0 saturated heterocycles. The van der Waals surface area contributed by atoms with E-state index in [-0.39, 0.29) is 11.2 Å². The van der Waals surface area contributed by atoms with Crippen LogP contribution >= 0.6 is 23.4 Å². The number of halogens is 1. The Bertz CT molecular complexity index is 444. The lowest BCUT2D eigenvalue weighted by Crippen LogP contribution is -1.99. The molecule has 8 heteroatoms. The molecule has 0 saturated carbocycles. The zero-order chi connectivity index (χ0) is 10.7. The van der Waals surface area contributed by atoms with Crippen molar-refractivity contribution in [2.75, 3.05) is 5.73 Å². The second-order valence-electron chi connectivity index (χ2n) is 2.39. The van der Waals surface area contributed by atoms with Crippen LogP contribution in [0.1, 0.15) is 0 Å². The summed E-state index contributed by atoms with van der Waals surface area (Å²) in [6, 6.07) is 1.73. The van der Waals surface area contributed by atoms with Gasteiger partial charge in [0.25, 0.3) is 0 Å². The van der Waals surface area contributed by atoms with Crippen LogP contribution < -0.4 is 5.73 Å². The number of nitrogens with zero attached hydrogens (tertiary/aromatic N) is 5. The lowest BCUT2D eigenvalue weighted by molar-refractivity contribution is 0.911. The first-order chi connectivity index (χ1) is 7.24. The Balaban J connectivity index is 2.25. The van der Waals surface area contributed by atoms with Gasteiger partial charge < -0.3 is 5.73 Å². The summed E-state index contributed by atoms with van der Waals surface area (Å²) < 4.78 is 0. The van der Waals surface area contributed by atoms with Gasteiger partial charge in [-0.1, -0.05) is 0 Å². The molecule has 0 atom stereocenters. The Morgan fingerprint density at radius 3 is 2.80 bits per heavy atom. The number of anilines is 1. The Morgan fingerprint density at radius 2 is 2.13 bits per heavy atom. The van der Waals surface area contributed by atoms with E-state index in [0.717, 1.165) is 0 Å². The fourth-order valence-electron chi connectivity index (χ4n) is 0.825. The molecule has 0 fully saturated rings. The van der Waals surface area contributed by atoms with Crippen molar-refractivity contribution in [1.82, 2.24) is 24.9 Å². The molecular formula is C7H5ClN6S. The van der Waals surface area contributed by atoms with Gasteiger partial charge in [-0.15, -0.1) is 0 Å². The second-order valence-corrected chi connectivity index (χ2v) is 3.72. The Labute approximate surface area is 94.4 Å². The molecular weight excluding hydrogens is 236 g/mol. The molecule has 2 N–H and O–H groups in total. The van der Waals surface area contributed by atoms with Crippen molar-refractivity contribution in [2.45, 2.75) is 10.2 Å². The van der Waals surface area contributed by atoms with E-state index in [4.69, 9.17) is 17.3 Å². The Kier molecular flexibility index (Phi) is 2.93. The summed E-state index contributed by atoms with van der Waals surface area (Å²) in [5.41, 5.74) is 5.42. The largest absolute Gasteiger partial charge is 0.368 e. The maximum Gasteiger partial charge on any atom is 0.228 e. The van der Waals surface area contributed by atoms with Crippen LogP contribution in [0, 0.1) is 0 Å². The van der Waals surface area contributed by atoms with Gasteiger partial charge in [0.15, 0.2) is 5.16 Å². The Hall–Kier alpha value is -1.47. The molecule has 0 radical (unpaired) electrons. The number of nitrogen functional groups attached to an aromatic ring is 1. The van der Waals surface area contributed by atoms with Gasteiger partial charge in [0.1, 0.15) is 11.4 Å². The quantitative estimate of drug-likeness (QED) is 0.785. The molecule has 0 aliphatic rings. The highest BCUT2D eigenvalue weighted by atomic mass is 35.5. The van der Waals surface area contributed by atoms with E-state index >= 15 is 0 Å². The van der Waals surface area contributed by atoms with E-state index in [9.17, 15) is 0 Å². The smallest absolute Gasteiger partial charge is 0.228 e. The van der Waals surface area contributed by atoms with Crippen molar-refractivity contribution in [1.29, 1.82) is 0 Å². The minimum absolute atomic E-state index is 0.0686. The predicted molar refractivity (Wildman–Crippen MR) is 55.4 cm³/mol. The minimum atomic E-state index is 0.0686. The lowest BCUT2D eigenvalue weighted by atomic mass is 10.7. The van der Waals surface area contributed by atoms with Crippen LogP contribution in [0.15, 0.2) is 28.8 Å². The first-order valence-electron chi connectivity index (χ1n) is 3.85. The number of rotatable bonds is 2. The molecule has 0 bridgehead atoms. The fourth-order valence-corrected chi connectivity index (χ4v) is 1.73. The standard InChI is InChI=1S/C7H5ClN6S/c8-5-12-6(9)14-7(13-5)15-4-1-2-10-3-11-4/h1-3H,(H2,9,12,13,14). The van der Waals surface area contributed by atoms with Crippen LogP contribution in [0.25, 0.3) is 0 Å². The van der Waals surface area contributed by atoms with Crippen LogP contribution in [-0.2, 0) is 0 Å². The first kappa shape index (κ1) is 10.1. The summed E-state index contributed by atoms with van der Waals surface area (Å²) in [7, 11) is 0. The van der Waals surface area contributed by atoms with Crippen LogP contribution in [-0.4, -0.2) is 24.9 Å². The molecule has 2 aromatic heterocycles. The van der Waals surface area contributed by atoms with Crippen LogP contribution in [0.2, 0.25) is 5.28 Å². The normalized spacial score (nSPS) is 10.2. The topological polar surface area (TPSA) is 90.5 Å². The molecule has 6 nitrogen and oxygen atoms in total. The van der Waals surface area contributed by atoms with Gasteiger partial charge in [0.05, 0.1) is 0 Å². The number of nitrogens with two attached hydrogens (primary N) is 1. The van der Waals surface area contributed by atoms with Gasteiger partial charge in [-0.05, 0) is 29.4 Å². The molecule has 0 aliphatic carbocycles. The van der Waals surface area contributed by atoms with Crippen molar-refractivity contribution in [3.8, 4) is 0 Å². The highest BCUT2D eigenvalue weighted by Gasteiger charge is 2.05. The zero-order valence-corrected chi connectivity index (χ0v) is 8.90. The van der Waals surface area contributed by atoms with Crippen LogP contribution in [0.4, 0.5) is 5.95 Å². The predicted octanol–water partition coefficient (Wildman–Crippen LogP) is 1.05. The summed E-state index contributed by atoms with van der Waals surface area (Å²) in [5, 5.41) is 1.19. The molecule has 2 rings (SSSR count). The van der Waals surface area contributed by atoms with E-state index in [1.54, 1.807) is 12.3 Å². The van der Waals surface area contributed by atoms with Crippen molar-refractivity contribution >= 4 is 29.3 Å². The summed E-state index contributed by atoms with van der Waals surface area (Å²) in [6.07, 6.45) is 3.07. The highest BCUT2D eigenvalue weighted by molar-refractivity contribution is 7.99. The van der Waals surface area contributed by atoms with Crippen molar-refractivity contribution in [2.24, 2.45) is 0 Å². The molecule has 2 aromatic rings. The number of hydrogen-bond acceptors (Lipinski definition) is 7. The van der Waals surface area contributed by atoms with E-state index < -0.39 is 0 Å². The van der Waals surface area contributed by atoms with Gasteiger partial charge in [-0.2, -0.15) is 15.0 Å². The monoisotopic (exact) mass is 240 g/mol. The average molecular weight is 241 g/mol. The SMILES string of the molecule is Nc1nc(Cl)nc(Sc2ccncn2)n1. The minimum Gasteiger partial charge on any atom is -0.368 e. The first-order valence-corrected chi connectivity index (χ1v) is 5.04. The van der Waals surface area contributed by atoms with Crippen LogP contribution in [0.3, 0.4) is 0 Å². The van der Waals surface area contributed by atoms with Crippen molar-refractivity contribution in [3.63, 3.8) is 0 Å². The maximum absolute atomic E-state index is 5.63. The fraction of sp³-hybridized carbons (Fsp3) is 0. The molecule has 15 heavy (non-hydrogen) atoms. The van der Waals surface area contributed by atoms with E-state index in [0.29, 0.717) is 10.2 Å². The van der Waals surface area contributed by atoms with Crippen molar-refractivity contribution < 1.29 is 0 Å². The average Bonchev–Trinajstić information content (AvgIpc) is 2.17. The third-order valence-corrected chi connectivity index (χ3v) is 2.34. The number of hydrogen-bond donors (Lipinski definition) is 1. The Morgan fingerprint density at radius 1 is 1.27 bits per heavy atom. The van der Waals surface area contributed by atoms with E-state index in [2.05, 4.69) is 24.9 Å². The summed E-state index contributed by atoms with van der Waals surface area (Å²) in [4.78, 5) is 19.2. The molecule has 2 heterocycles. The number of aromatic nitrogens is 5. The summed E-state index contributed by atoms with van der Waals surface area (Å²) >= 11 is 6.87. The molecule has 0 aliphatic heterocycles. The molecule has 76 valence electrons. The summed E-state index contributed by atoms with van der Waals surface area (Å²) in [5.74, 6) is 0.0894. The molecule has 0 unspecified atom stereocenters. The zero-order valence-electron chi connectivity index (χ0n) is 7.33. The van der Waals surface area contributed by atoms with E-state index in [1.165, 1.54) is 18.1 Å². The second kappa shape index (κ2) is 4.37. The van der Waals surface area contributed by atoms with Gasteiger partial charge in [-0.3, -0.25) is 0 Å². The third-order valence-electron chi connectivity index (χ3n) is 1.36. The van der Waals surface area contributed by atoms with Crippen LogP contribution in [0.5, 0.6) is 0 Å². The third kappa shape index (κ3) is 2.74. The van der Waals surface area contributed by atoms with Gasteiger partial charge in [0.2, 0.25) is 11.2 Å². The summed E-state index contributed by atoms with van der Waals surface area (Å²) in [6.45, 7) is 0. The molecule has 0 amide bonds. The van der Waals surface area contributed by atoms with Gasteiger partial charge in [-0.25, -0.2) is 9.97 Å². The maximum atomic E-state index is 5.63. The highest BCUT2D eigenvalue weighted by Crippen LogP contribution is 2.22. The van der Waals surface area contributed by atoms with Gasteiger partial charge in [0, 0.05) is 6.20 Å². The molecule has 0 spiro atoms.